The number of nitrogens with zero attached hydrogens (tertiary/aromatic N) is 3. The van der Waals surface area contributed by atoms with E-state index in [1.807, 2.05) is 25.5 Å². The second-order valence-electron chi connectivity index (χ2n) is 9.68. The molecular weight excluding hydrogens is 432 g/mol. The Morgan fingerprint density at radius 3 is 2.82 bits per heavy atom. The van der Waals surface area contributed by atoms with Gasteiger partial charge >= 0.3 is 5.97 Å². The summed E-state index contributed by atoms with van der Waals surface area (Å²) in [6.07, 6.45) is 3.28. The topological polar surface area (TPSA) is 106 Å². The number of benzene rings is 1. The lowest BCUT2D eigenvalue weighted by Crippen LogP contribution is -2.41. The molecule has 1 amide bonds. The zero-order chi connectivity index (χ0) is 24.3. The van der Waals surface area contributed by atoms with Gasteiger partial charge < -0.3 is 14.8 Å². The smallest absolute Gasteiger partial charge is 0.338 e. The predicted octanol–water partition coefficient (Wildman–Crippen LogP) is 3.20. The van der Waals surface area contributed by atoms with Crippen LogP contribution in [0.3, 0.4) is 0 Å². The summed E-state index contributed by atoms with van der Waals surface area (Å²) in [5.74, 6) is -0.496. The number of hydrogen-bond donors (Lipinski definition) is 1. The molecule has 0 aliphatic carbocycles. The number of carbonyl (C=O) groups excluding carboxylic acids is 2. The van der Waals surface area contributed by atoms with Crippen molar-refractivity contribution in [2.24, 2.45) is 11.3 Å². The molecule has 0 saturated carbocycles. The molecule has 1 aromatic carbocycles. The second-order valence-corrected chi connectivity index (χ2v) is 9.68. The molecule has 1 N–H and O–H groups in total. The standard InChI is InChI=1S/C26H32N4O4/c1-4-21-23-22(12-26(16-28-24(23)31)5-7-33-8-6-26)30(29-21)14-18(3)15-34-25(32)20-10-17(2)9-19(11-20)13-27/h9-11,18H,4-8,12,14-16H2,1-3H3,(H,28,31)/t18-/m1/s1. The van der Waals surface area contributed by atoms with Gasteiger partial charge in [0.1, 0.15) is 0 Å². The highest BCUT2D eigenvalue weighted by Crippen LogP contribution is 2.37. The van der Waals surface area contributed by atoms with Crippen molar-refractivity contribution >= 4 is 11.9 Å². The van der Waals surface area contributed by atoms with Gasteiger partial charge in [0, 0.05) is 32.2 Å². The Hall–Kier alpha value is -3.18. The predicted molar refractivity (Wildman–Crippen MR) is 125 cm³/mol. The molecule has 34 heavy (non-hydrogen) atoms. The lowest BCUT2D eigenvalue weighted by molar-refractivity contribution is 0.0151. The Balaban J connectivity index is 1.49. The first-order valence-electron chi connectivity index (χ1n) is 12.0. The highest BCUT2D eigenvalue weighted by Gasteiger charge is 2.39. The summed E-state index contributed by atoms with van der Waals surface area (Å²) in [6.45, 7) is 8.70. The van der Waals surface area contributed by atoms with E-state index in [1.165, 1.54) is 0 Å². The first kappa shape index (κ1) is 24.0. The molecule has 2 aromatic rings. The largest absolute Gasteiger partial charge is 0.462 e. The van der Waals surface area contributed by atoms with Gasteiger partial charge in [-0.15, -0.1) is 0 Å². The number of aromatic nitrogens is 2. The molecule has 2 aliphatic rings. The van der Waals surface area contributed by atoms with Gasteiger partial charge in [-0.25, -0.2) is 4.79 Å². The van der Waals surface area contributed by atoms with Crippen LogP contribution in [0.1, 0.15) is 69.9 Å². The highest BCUT2D eigenvalue weighted by molar-refractivity contribution is 5.97. The van der Waals surface area contributed by atoms with E-state index in [4.69, 9.17) is 19.8 Å². The molecule has 8 nitrogen and oxygen atoms in total. The number of nitriles is 1. The fourth-order valence-electron chi connectivity index (χ4n) is 4.94. The molecule has 0 radical (unpaired) electrons. The van der Waals surface area contributed by atoms with Crippen molar-refractivity contribution in [1.82, 2.24) is 15.1 Å². The normalized spacial score (nSPS) is 17.9. The van der Waals surface area contributed by atoms with Crippen LogP contribution in [-0.4, -0.2) is 48.0 Å². The summed E-state index contributed by atoms with van der Waals surface area (Å²) in [5.41, 5.74) is 4.13. The number of amides is 1. The van der Waals surface area contributed by atoms with Gasteiger partial charge in [0.2, 0.25) is 0 Å². The summed E-state index contributed by atoms with van der Waals surface area (Å²) in [6, 6.07) is 7.07. The number of rotatable bonds is 6. The van der Waals surface area contributed by atoms with Crippen molar-refractivity contribution < 1.29 is 19.1 Å². The Morgan fingerprint density at radius 2 is 2.12 bits per heavy atom. The van der Waals surface area contributed by atoms with Gasteiger partial charge in [0.05, 0.1) is 40.8 Å². The number of ether oxygens (including phenoxy) is 2. The number of nitrogens with one attached hydrogen (secondary N) is 1. The third kappa shape index (κ3) is 5.00. The Bertz CT molecular complexity index is 1120. The number of carbonyl (C=O) groups is 2. The van der Waals surface area contributed by atoms with E-state index >= 15 is 0 Å². The van der Waals surface area contributed by atoms with Crippen LogP contribution in [0.4, 0.5) is 0 Å². The third-order valence-electron chi connectivity index (χ3n) is 6.84. The van der Waals surface area contributed by atoms with E-state index in [0.29, 0.717) is 49.4 Å². The van der Waals surface area contributed by atoms with E-state index in [2.05, 4.69) is 11.4 Å². The number of aryl methyl sites for hydroxylation is 2. The van der Waals surface area contributed by atoms with Gasteiger partial charge in [0.15, 0.2) is 0 Å². The van der Waals surface area contributed by atoms with Crippen LogP contribution in [0.5, 0.6) is 0 Å². The van der Waals surface area contributed by atoms with Crippen LogP contribution in [0, 0.1) is 29.6 Å². The monoisotopic (exact) mass is 464 g/mol. The van der Waals surface area contributed by atoms with Gasteiger partial charge in [-0.3, -0.25) is 9.48 Å². The van der Waals surface area contributed by atoms with Crippen LogP contribution in [0.2, 0.25) is 0 Å². The molecule has 3 heterocycles. The fraction of sp³-hybridized carbons (Fsp3) is 0.538. The van der Waals surface area contributed by atoms with Crippen LogP contribution in [0.25, 0.3) is 0 Å². The van der Waals surface area contributed by atoms with Gasteiger partial charge in [-0.05, 0) is 61.8 Å². The summed E-state index contributed by atoms with van der Waals surface area (Å²) < 4.78 is 13.1. The molecular formula is C26H32N4O4. The van der Waals surface area contributed by atoms with Crippen molar-refractivity contribution in [1.29, 1.82) is 5.26 Å². The van der Waals surface area contributed by atoms with E-state index in [1.54, 1.807) is 18.2 Å². The first-order chi connectivity index (χ1) is 16.3. The van der Waals surface area contributed by atoms with Crippen LogP contribution in [-0.2, 0) is 28.9 Å². The average Bonchev–Trinajstić information content (AvgIpc) is 3.10. The van der Waals surface area contributed by atoms with Gasteiger partial charge in [-0.2, -0.15) is 10.4 Å². The molecule has 2 aliphatic heterocycles. The van der Waals surface area contributed by atoms with Gasteiger partial charge in [-0.1, -0.05) is 13.8 Å². The van der Waals surface area contributed by atoms with E-state index < -0.39 is 5.97 Å². The minimum Gasteiger partial charge on any atom is -0.462 e. The summed E-state index contributed by atoms with van der Waals surface area (Å²) in [5, 5.41) is 17.1. The zero-order valence-corrected chi connectivity index (χ0v) is 20.1. The molecule has 8 heteroatoms. The summed E-state index contributed by atoms with van der Waals surface area (Å²) >= 11 is 0. The molecule has 1 aromatic heterocycles. The van der Waals surface area contributed by atoms with E-state index in [-0.39, 0.29) is 23.8 Å². The van der Waals surface area contributed by atoms with Crippen molar-refractivity contribution in [2.75, 3.05) is 26.4 Å². The minimum atomic E-state index is -0.443. The van der Waals surface area contributed by atoms with Crippen LogP contribution >= 0.6 is 0 Å². The van der Waals surface area contributed by atoms with Gasteiger partial charge in [0.25, 0.3) is 5.91 Å². The maximum atomic E-state index is 13.0. The molecule has 4 rings (SSSR count). The maximum Gasteiger partial charge on any atom is 0.338 e. The van der Waals surface area contributed by atoms with Crippen LogP contribution in [0.15, 0.2) is 18.2 Å². The molecule has 0 bridgehead atoms. The number of fused-ring (bicyclic) bond motifs is 1. The second kappa shape index (κ2) is 9.98. The Morgan fingerprint density at radius 1 is 1.35 bits per heavy atom. The van der Waals surface area contributed by atoms with Crippen LogP contribution < -0.4 is 5.32 Å². The molecule has 1 saturated heterocycles. The Kier molecular flexibility index (Phi) is 7.03. The molecule has 1 fully saturated rings. The zero-order valence-electron chi connectivity index (χ0n) is 20.1. The summed E-state index contributed by atoms with van der Waals surface area (Å²) in [4.78, 5) is 25.6. The third-order valence-corrected chi connectivity index (χ3v) is 6.84. The number of esters is 1. The molecule has 0 unspecified atom stereocenters. The molecule has 1 atom stereocenters. The van der Waals surface area contributed by atoms with E-state index in [9.17, 15) is 9.59 Å². The average molecular weight is 465 g/mol. The van der Waals surface area contributed by atoms with Crippen molar-refractivity contribution in [3.8, 4) is 6.07 Å². The van der Waals surface area contributed by atoms with Crippen molar-refractivity contribution in [3.05, 3.63) is 51.8 Å². The fourth-order valence-corrected chi connectivity index (χ4v) is 4.94. The quantitative estimate of drug-likeness (QED) is 0.658. The lowest BCUT2D eigenvalue weighted by Gasteiger charge is -2.36. The lowest BCUT2D eigenvalue weighted by atomic mass is 9.76. The molecule has 180 valence electrons. The van der Waals surface area contributed by atoms with Crippen molar-refractivity contribution in [2.45, 2.75) is 53.0 Å². The SMILES string of the molecule is CCc1nn(C[C@@H](C)COC(=O)c2cc(C)cc(C#N)c2)c2c1C(=O)NCC1(CCOCC1)C2. The number of hydrogen-bond acceptors (Lipinski definition) is 6. The maximum absolute atomic E-state index is 13.0. The van der Waals surface area contributed by atoms with Crippen molar-refractivity contribution in [3.63, 3.8) is 0 Å². The first-order valence-corrected chi connectivity index (χ1v) is 12.0. The Labute approximate surface area is 200 Å². The minimum absolute atomic E-state index is 0.00476. The summed E-state index contributed by atoms with van der Waals surface area (Å²) in [7, 11) is 0. The highest BCUT2D eigenvalue weighted by atomic mass is 16.5. The van der Waals surface area contributed by atoms with E-state index in [0.717, 1.165) is 36.2 Å². The molecule has 1 spiro atoms.